The fraction of sp³-hybridized carbons (Fsp3) is 0.263. The van der Waals surface area contributed by atoms with Crippen molar-refractivity contribution in [2.75, 3.05) is 6.61 Å². The first-order chi connectivity index (χ1) is 12.0. The molecule has 0 radical (unpaired) electrons. The Hall–Kier alpha value is -3.02. The summed E-state index contributed by atoms with van der Waals surface area (Å²) in [6.45, 7) is 6.05. The molecule has 0 saturated carbocycles. The van der Waals surface area contributed by atoms with Crippen molar-refractivity contribution in [2.24, 2.45) is 7.05 Å². The third kappa shape index (κ3) is 3.28. The molecule has 0 saturated heterocycles. The van der Waals surface area contributed by atoms with Crippen molar-refractivity contribution in [3.8, 4) is 11.1 Å². The van der Waals surface area contributed by atoms with Gasteiger partial charge in [0.15, 0.2) is 5.65 Å². The molecule has 0 aromatic carbocycles. The van der Waals surface area contributed by atoms with Gasteiger partial charge in [-0.15, -0.1) is 0 Å². The summed E-state index contributed by atoms with van der Waals surface area (Å²) in [5.41, 5.74) is 5.46. The summed E-state index contributed by atoms with van der Waals surface area (Å²) in [4.78, 5) is 20.7. The van der Waals surface area contributed by atoms with Gasteiger partial charge in [0.05, 0.1) is 12.8 Å². The fourth-order valence-corrected chi connectivity index (χ4v) is 2.83. The van der Waals surface area contributed by atoms with E-state index in [1.165, 1.54) is 6.08 Å². The van der Waals surface area contributed by atoms with Crippen molar-refractivity contribution in [2.45, 2.75) is 20.8 Å². The van der Waals surface area contributed by atoms with Crippen LogP contribution in [0.1, 0.15) is 23.7 Å². The molecular formula is C19H20N4O2. The largest absolute Gasteiger partial charge is 0.463 e. The normalized spacial score (nSPS) is 11.4. The third-order valence-electron chi connectivity index (χ3n) is 3.95. The Bertz CT molecular complexity index is 973. The Balaban J connectivity index is 2.26. The maximum Gasteiger partial charge on any atom is 0.330 e. The van der Waals surface area contributed by atoms with Crippen LogP contribution in [0.4, 0.5) is 0 Å². The van der Waals surface area contributed by atoms with Gasteiger partial charge in [0.2, 0.25) is 0 Å². The van der Waals surface area contributed by atoms with Gasteiger partial charge >= 0.3 is 5.97 Å². The van der Waals surface area contributed by atoms with E-state index < -0.39 is 0 Å². The number of esters is 1. The van der Waals surface area contributed by atoms with Crippen LogP contribution in [0.25, 0.3) is 28.2 Å². The van der Waals surface area contributed by atoms with Crippen molar-refractivity contribution in [3.05, 3.63) is 47.6 Å². The van der Waals surface area contributed by atoms with E-state index in [4.69, 9.17) is 4.74 Å². The molecule has 0 spiro atoms. The smallest absolute Gasteiger partial charge is 0.330 e. The first-order valence-electron chi connectivity index (χ1n) is 8.10. The predicted molar refractivity (Wildman–Crippen MR) is 96.9 cm³/mol. The average molecular weight is 336 g/mol. The van der Waals surface area contributed by atoms with Gasteiger partial charge in [-0.25, -0.2) is 9.78 Å². The SMILES string of the molecule is CCOC(=O)C=Cc1c(C)nc2c(cnn2C)c1-c1cncc(C)c1. The summed E-state index contributed by atoms with van der Waals surface area (Å²) in [6.07, 6.45) is 8.61. The van der Waals surface area contributed by atoms with Crippen LogP contribution in [-0.4, -0.2) is 32.3 Å². The Morgan fingerprint density at radius 1 is 1.28 bits per heavy atom. The van der Waals surface area contributed by atoms with Gasteiger partial charge in [-0.05, 0) is 38.5 Å². The minimum absolute atomic E-state index is 0.344. The number of rotatable bonds is 4. The summed E-state index contributed by atoms with van der Waals surface area (Å²) in [7, 11) is 1.86. The monoisotopic (exact) mass is 336 g/mol. The number of hydrogen-bond acceptors (Lipinski definition) is 5. The lowest BCUT2D eigenvalue weighted by molar-refractivity contribution is -0.137. The van der Waals surface area contributed by atoms with Crippen LogP contribution in [0.2, 0.25) is 0 Å². The molecule has 6 heteroatoms. The van der Waals surface area contributed by atoms with E-state index in [-0.39, 0.29) is 5.97 Å². The van der Waals surface area contributed by atoms with E-state index in [0.29, 0.717) is 6.61 Å². The number of fused-ring (bicyclic) bond motifs is 1. The summed E-state index contributed by atoms with van der Waals surface area (Å²) in [6, 6.07) is 2.07. The highest BCUT2D eigenvalue weighted by Crippen LogP contribution is 2.33. The minimum Gasteiger partial charge on any atom is -0.463 e. The predicted octanol–water partition coefficient (Wildman–Crippen LogP) is 3.22. The summed E-state index contributed by atoms with van der Waals surface area (Å²) in [5.74, 6) is -0.374. The van der Waals surface area contributed by atoms with Gasteiger partial charge in [-0.2, -0.15) is 5.10 Å². The first-order valence-corrected chi connectivity index (χ1v) is 8.10. The molecule has 0 aliphatic rings. The van der Waals surface area contributed by atoms with Crippen molar-refractivity contribution >= 4 is 23.1 Å². The zero-order chi connectivity index (χ0) is 18.0. The Labute approximate surface area is 146 Å². The van der Waals surface area contributed by atoms with Crippen LogP contribution in [0, 0.1) is 13.8 Å². The van der Waals surface area contributed by atoms with Crippen molar-refractivity contribution in [3.63, 3.8) is 0 Å². The molecule has 0 aliphatic heterocycles. The number of hydrogen-bond donors (Lipinski definition) is 0. The minimum atomic E-state index is -0.374. The molecule has 25 heavy (non-hydrogen) atoms. The van der Waals surface area contributed by atoms with E-state index in [0.717, 1.165) is 39.0 Å². The van der Waals surface area contributed by atoms with E-state index in [1.54, 1.807) is 23.9 Å². The quantitative estimate of drug-likeness (QED) is 0.540. The van der Waals surface area contributed by atoms with E-state index in [1.807, 2.05) is 33.3 Å². The highest BCUT2D eigenvalue weighted by molar-refractivity contribution is 5.99. The number of carbonyl (C=O) groups excluding carboxylic acids is 1. The standard InChI is InChI=1S/C19H20N4O2/c1-5-25-17(24)7-6-15-13(3)22-19-16(11-21-23(19)4)18(15)14-8-12(2)9-20-10-14/h6-11H,5H2,1-4H3. The molecule has 0 N–H and O–H groups in total. The van der Waals surface area contributed by atoms with Crippen LogP contribution in [0.3, 0.4) is 0 Å². The molecular weight excluding hydrogens is 316 g/mol. The van der Waals surface area contributed by atoms with Gasteiger partial charge in [-0.1, -0.05) is 0 Å². The zero-order valence-corrected chi connectivity index (χ0v) is 14.8. The van der Waals surface area contributed by atoms with Crippen molar-refractivity contribution in [1.82, 2.24) is 19.7 Å². The highest BCUT2D eigenvalue weighted by atomic mass is 16.5. The average Bonchev–Trinajstić information content (AvgIpc) is 2.93. The van der Waals surface area contributed by atoms with Crippen molar-refractivity contribution < 1.29 is 9.53 Å². The lowest BCUT2D eigenvalue weighted by Gasteiger charge is -2.11. The molecule has 0 unspecified atom stereocenters. The number of carbonyl (C=O) groups is 1. The second-order valence-electron chi connectivity index (χ2n) is 5.83. The van der Waals surface area contributed by atoms with Crippen LogP contribution in [0.15, 0.2) is 30.7 Å². The molecule has 0 bridgehead atoms. The Morgan fingerprint density at radius 3 is 2.80 bits per heavy atom. The fourth-order valence-electron chi connectivity index (χ4n) is 2.83. The highest BCUT2D eigenvalue weighted by Gasteiger charge is 2.16. The van der Waals surface area contributed by atoms with Gasteiger partial charge in [-0.3, -0.25) is 9.67 Å². The van der Waals surface area contributed by atoms with E-state index >= 15 is 0 Å². The van der Waals surface area contributed by atoms with Gasteiger partial charge in [0.25, 0.3) is 0 Å². The Morgan fingerprint density at radius 2 is 2.08 bits per heavy atom. The third-order valence-corrected chi connectivity index (χ3v) is 3.95. The lowest BCUT2D eigenvalue weighted by Crippen LogP contribution is -2.01. The molecule has 3 heterocycles. The lowest BCUT2D eigenvalue weighted by atomic mass is 9.96. The molecule has 0 amide bonds. The van der Waals surface area contributed by atoms with Crippen LogP contribution >= 0.6 is 0 Å². The number of aromatic nitrogens is 4. The van der Waals surface area contributed by atoms with Crippen LogP contribution in [0.5, 0.6) is 0 Å². The molecule has 3 aromatic rings. The van der Waals surface area contributed by atoms with Gasteiger partial charge < -0.3 is 4.74 Å². The first kappa shape index (κ1) is 16.8. The maximum absolute atomic E-state index is 11.7. The number of ether oxygens (including phenoxy) is 1. The number of aryl methyl sites for hydroxylation is 3. The summed E-state index contributed by atoms with van der Waals surface area (Å²) < 4.78 is 6.73. The summed E-state index contributed by atoms with van der Waals surface area (Å²) in [5, 5.41) is 5.25. The second-order valence-corrected chi connectivity index (χ2v) is 5.83. The van der Waals surface area contributed by atoms with E-state index in [9.17, 15) is 4.79 Å². The zero-order valence-electron chi connectivity index (χ0n) is 14.8. The molecule has 3 rings (SSSR count). The van der Waals surface area contributed by atoms with Gasteiger partial charge in [0.1, 0.15) is 0 Å². The van der Waals surface area contributed by atoms with Crippen molar-refractivity contribution in [1.29, 1.82) is 0 Å². The molecule has 0 fully saturated rings. The van der Waals surface area contributed by atoms with Gasteiger partial charge in [0, 0.05) is 53.3 Å². The second kappa shape index (κ2) is 6.84. The molecule has 0 atom stereocenters. The molecule has 6 nitrogen and oxygen atoms in total. The number of nitrogens with zero attached hydrogens (tertiary/aromatic N) is 4. The summed E-state index contributed by atoms with van der Waals surface area (Å²) >= 11 is 0. The Kier molecular flexibility index (Phi) is 4.61. The molecule has 0 aliphatic carbocycles. The maximum atomic E-state index is 11.7. The topological polar surface area (TPSA) is 69.9 Å². The van der Waals surface area contributed by atoms with Crippen LogP contribution in [-0.2, 0) is 16.6 Å². The molecule has 128 valence electrons. The van der Waals surface area contributed by atoms with Crippen LogP contribution < -0.4 is 0 Å². The number of pyridine rings is 2. The van der Waals surface area contributed by atoms with E-state index in [2.05, 4.69) is 21.1 Å². The molecule has 3 aromatic heterocycles.